The van der Waals surface area contributed by atoms with E-state index in [1.807, 2.05) is 25.1 Å². The molecule has 0 saturated carbocycles. The standard InChI is InChI=1S/C21H25N5O3/c1-12-5-4-10-25-15-11-13(6-7-14(15)19(27)24-21(25,2)3)26-17-16(29-12)8-9-22-18(17)23-20(26)28/h6-9,11-12,19,24,27H,4-5,10H2,1-3H3,(H,22,23,28)/t12-,19?/m0/s1. The summed E-state index contributed by atoms with van der Waals surface area (Å²) in [6, 6.07) is 7.50. The maximum atomic E-state index is 12.8. The molecule has 0 radical (unpaired) electrons. The van der Waals surface area contributed by atoms with Gasteiger partial charge in [0.05, 0.1) is 17.5 Å². The number of nitrogens with one attached hydrogen (secondary N) is 2. The number of aromatic nitrogens is 3. The molecule has 5 rings (SSSR count). The number of benzene rings is 1. The van der Waals surface area contributed by atoms with Gasteiger partial charge in [-0.3, -0.25) is 14.9 Å². The average molecular weight is 395 g/mol. The van der Waals surface area contributed by atoms with Gasteiger partial charge in [0.2, 0.25) is 0 Å². The summed E-state index contributed by atoms with van der Waals surface area (Å²) in [5, 5.41) is 13.9. The van der Waals surface area contributed by atoms with Crippen LogP contribution < -0.4 is 20.6 Å². The molecule has 8 heteroatoms. The Morgan fingerprint density at radius 1 is 1.31 bits per heavy atom. The van der Waals surface area contributed by atoms with E-state index < -0.39 is 11.9 Å². The smallest absolute Gasteiger partial charge is 0.332 e. The second kappa shape index (κ2) is 6.33. The van der Waals surface area contributed by atoms with Crippen LogP contribution in [0.3, 0.4) is 0 Å². The van der Waals surface area contributed by atoms with Gasteiger partial charge < -0.3 is 14.7 Å². The summed E-state index contributed by atoms with van der Waals surface area (Å²) in [7, 11) is 0. The van der Waals surface area contributed by atoms with Crippen molar-refractivity contribution in [2.24, 2.45) is 0 Å². The van der Waals surface area contributed by atoms with Crippen molar-refractivity contribution in [2.45, 2.75) is 51.6 Å². The fourth-order valence-electron chi connectivity index (χ4n) is 4.48. The number of hydrogen-bond donors (Lipinski definition) is 3. The highest BCUT2D eigenvalue weighted by atomic mass is 16.5. The Balaban J connectivity index is 1.81. The first-order valence-corrected chi connectivity index (χ1v) is 9.99. The van der Waals surface area contributed by atoms with E-state index in [-0.39, 0.29) is 11.8 Å². The average Bonchev–Trinajstić information content (AvgIpc) is 2.99. The van der Waals surface area contributed by atoms with Crippen LogP contribution in [0.15, 0.2) is 35.3 Å². The molecule has 2 aliphatic rings. The van der Waals surface area contributed by atoms with E-state index in [0.717, 1.165) is 30.6 Å². The molecule has 0 saturated heterocycles. The maximum Gasteiger partial charge on any atom is 0.332 e. The number of imidazole rings is 1. The SMILES string of the molecule is C[C@H]1CCCN2c3cc(ccc3C(O)NC2(C)C)-n2c(=O)[nH]c3nccc(c32)O1. The maximum absolute atomic E-state index is 12.8. The first kappa shape index (κ1) is 18.2. The van der Waals surface area contributed by atoms with Gasteiger partial charge in [0, 0.05) is 30.1 Å². The molecule has 3 N–H and O–H groups in total. The van der Waals surface area contributed by atoms with Gasteiger partial charge in [-0.05, 0) is 45.7 Å². The normalized spacial score (nSPS) is 23.2. The van der Waals surface area contributed by atoms with Crippen molar-refractivity contribution in [1.82, 2.24) is 19.9 Å². The van der Waals surface area contributed by atoms with Crippen LogP contribution in [0.5, 0.6) is 5.75 Å². The van der Waals surface area contributed by atoms with Gasteiger partial charge in [0.15, 0.2) is 5.65 Å². The summed E-state index contributed by atoms with van der Waals surface area (Å²) in [6.45, 7) is 6.95. The summed E-state index contributed by atoms with van der Waals surface area (Å²) >= 11 is 0. The van der Waals surface area contributed by atoms with Gasteiger partial charge >= 0.3 is 5.69 Å². The molecule has 2 bridgehead atoms. The molecule has 2 atom stereocenters. The van der Waals surface area contributed by atoms with Crippen LogP contribution in [0.25, 0.3) is 16.9 Å². The molecule has 3 aromatic rings. The lowest BCUT2D eigenvalue weighted by Crippen LogP contribution is -2.59. The first-order chi connectivity index (χ1) is 13.8. The molecule has 0 amide bonds. The van der Waals surface area contributed by atoms with Crippen molar-refractivity contribution >= 4 is 16.9 Å². The topological polar surface area (TPSA) is 95.4 Å². The van der Waals surface area contributed by atoms with Crippen LogP contribution in [-0.2, 0) is 0 Å². The van der Waals surface area contributed by atoms with E-state index in [4.69, 9.17) is 4.74 Å². The van der Waals surface area contributed by atoms with E-state index in [0.29, 0.717) is 22.6 Å². The Morgan fingerprint density at radius 3 is 2.97 bits per heavy atom. The predicted molar refractivity (Wildman–Crippen MR) is 111 cm³/mol. The van der Waals surface area contributed by atoms with Crippen LogP contribution in [-0.4, -0.2) is 38.0 Å². The van der Waals surface area contributed by atoms with Gasteiger partial charge in [-0.25, -0.2) is 9.78 Å². The zero-order chi connectivity index (χ0) is 20.3. The fourth-order valence-corrected chi connectivity index (χ4v) is 4.48. The Morgan fingerprint density at radius 2 is 2.14 bits per heavy atom. The van der Waals surface area contributed by atoms with Gasteiger partial charge in [-0.2, -0.15) is 0 Å². The lowest BCUT2D eigenvalue weighted by Gasteiger charge is -2.48. The molecule has 4 heterocycles. The van der Waals surface area contributed by atoms with Crippen LogP contribution >= 0.6 is 0 Å². The molecule has 2 aromatic heterocycles. The summed E-state index contributed by atoms with van der Waals surface area (Å²) in [5.74, 6) is 0.637. The van der Waals surface area contributed by atoms with Gasteiger partial charge in [0.25, 0.3) is 0 Å². The monoisotopic (exact) mass is 395 g/mol. The van der Waals surface area contributed by atoms with Gasteiger partial charge in [-0.1, -0.05) is 6.07 Å². The number of aliphatic hydroxyl groups excluding tert-OH is 1. The minimum atomic E-state index is -0.766. The number of rotatable bonds is 0. The van der Waals surface area contributed by atoms with Crippen molar-refractivity contribution in [3.63, 3.8) is 0 Å². The fraction of sp³-hybridized carbons (Fsp3) is 0.429. The number of aromatic amines is 1. The van der Waals surface area contributed by atoms with Crippen molar-refractivity contribution < 1.29 is 9.84 Å². The van der Waals surface area contributed by atoms with Crippen molar-refractivity contribution in [3.05, 3.63) is 46.5 Å². The molecule has 0 spiro atoms. The lowest BCUT2D eigenvalue weighted by atomic mass is 9.99. The highest BCUT2D eigenvalue weighted by molar-refractivity contribution is 5.81. The van der Waals surface area contributed by atoms with Crippen molar-refractivity contribution in [1.29, 1.82) is 0 Å². The second-order valence-corrected chi connectivity index (χ2v) is 8.34. The zero-order valence-corrected chi connectivity index (χ0v) is 16.8. The van der Waals surface area contributed by atoms with Gasteiger partial charge in [-0.15, -0.1) is 0 Å². The van der Waals surface area contributed by atoms with Crippen LogP contribution in [0.4, 0.5) is 5.69 Å². The molecule has 1 aromatic carbocycles. The van der Waals surface area contributed by atoms with E-state index in [2.05, 4.69) is 34.0 Å². The van der Waals surface area contributed by atoms with Gasteiger partial charge in [0.1, 0.15) is 17.5 Å². The number of fused-ring (bicyclic) bond motifs is 2. The number of hydrogen-bond acceptors (Lipinski definition) is 6. The number of aliphatic hydroxyl groups is 1. The Bertz CT molecular complexity index is 1150. The molecule has 8 nitrogen and oxygen atoms in total. The largest absolute Gasteiger partial charge is 0.488 e. The van der Waals surface area contributed by atoms with E-state index >= 15 is 0 Å². The predicted octanol–water partition coefficient (Wildman–Crippen LogP) is 2.41. The van der Waals surface area contributed by atoms with Crippen LogP contribution in [0, 0.1) is 0 Å². The number of anilines is 1. The summed E-state index contributed by atoms with van der Waals surface area (Å²) in [6.07, 6.45) is 2.67. The third-order valence-corrected chi connectivity index (χ3v) is 5.88. The Labute approximate surface area is 168 Å². The Hall–Kier alpha value is -2.84. The Kier molecular flexibility index (Phi) is 3.97. The zero-order valence-electron chi connectivity index (χ0n) is 16.8. The highest BCUT2D eigenvalue weighted by Gasteiger charge is 2.37. The third kappa shape index (κ3) is 2.82. The quantitative estimate of drug-likeness (QED) is 0.541. The molecule has 1 unspecified atom stereocenters. The number of nitrogens with zero attached hydrogens (tertiary/aromatic N) is 3. The van der Waals surface area contributed by atoms with Crippen molar-refractivity contribution in [3.8, 4) is 11.4 Å². The lowest BCUT2D eigenvalue weighted by molar-refractivity contribution is 0.0890. The molecule has 0 aliphatic carbocycles. The number of pyridine rings is 1. The van der Waals surface area contributed by atoms with E-state index in [1.54, 1.807) is 16.8 Å². The first-order valence-electron chi connectivity index (χ1n) is 9.99. The highest BCUT2D eigenvalue weighted by Crippen LogP contribution is 2.38. The second-order valence-electron chi connectivity index (χ2n) is 8.34. The molecule has 152 valence electrons. The molecule has 29 heavy (non-hydrogen) atoms. The number of ether oxygens (including phenoxy) is 1. The minimum Gasteiger partial charge on any atom is -0.488 e. The van der Waals surface area contributed by atoms with E-state index in [1.165, 1.54) is 0 Å². The molecule has 2 aliphatic heterocycles. The molecular formula is C21H25N5O3. The third-order valence-electron chi connectivity index (χ3n) is 5.88. The molecular weight excluding hydrogens is 370 g/mol. The summed E-state index contributed by atoms with van der Waals surface area (Å²) in [5.41, 5.74) is 2.87. The van der Waals surface area contributed by atoms with Crippen molar-refractivity contribution in [2.75, 3.05) is 11.4 Å². The summed E-state index contributed by atoms with van der Waals surface area (Å²) < 4.78 is 7.81. The summed E-state index contributed by atoms with van der Waals surface area (Å²) in [4.78, 5) is 22.2. The van der Waals surface area contributed by atoms with E-state index in [9.17, 15) is 9.90 Å². The molecule has 0 fully saturated rings. The van der Waals surface area contributed by atoms with Crippen LogP contribution in [0.1, 0.15) is 45.4 Å². The minimum absolute atomic E-state index is 0.0113. The van der Waals surface area contributed by atoms with Crippen LogP contribution in [0.2, 0.25) is 0 Å². The number of H-pyrrole nitrogens is 1.